The third-order valence-corrected chi connectivity index (χ3v) is 5.50. The topological polar surface area (TPSA) is 76.2 Å². The first-order valence-corrected chi connectivity index (χ1v) is 9.16. The van der Waals surface area contributed by atoms with Crippen molar-refractivity contribution in [1.29, 1.82) is 0 Å². The first-order chi connectivity index (χ1) is 12.1. The summed E-state index contributed by atoms with van der Waals surface area (Å²) in [6.45, 7) is 7.67. The highest BCUT2D eigenvalue weighted by molar-refractivity contribution is 5.87. The molecule has 1 N–H and O–H groups in total. The normalized spacial score (nSPS) is 20.8. The maximum atomic E-state index is 11.6. The van der Waals surface area contributed by atoms with Gasteiger partial charge in [0.1, 0.15) is 0 Å². The molecule has 1 unspecified atom stereocenters. The molecule has 25 heavy (non-hydrogen) atoms. The lowest BCUT2D eigenvalue weighted by Gasteiger charge is -2.33. The molecule has 1 atom stereocenters. The monoisotopic (exact) mass is 343 g/mol. The van der Waals surface area contributed by atoms with Gasteiger partial charge in [-0.05, 0) is 45.6 Å². The Labute approximate surface area is 147 Å². The van der Waals surface area contributed by atoms with Crippen LogP contribution in [-0.4, -0.2) is 48.1 Å². The second-order valence-corrected chi connectivity index (χ2v) is 7.12. The van der Waals surface area contributed by atoms with E-state index in [2.05, 4.69) is 25.8 Å². The Balaban J connectivity index is 1.60. The number of rotatable bonds is 3. The maximum Gasteiger partial charge on any atom is 0.356 e. The number of aryl methyl sites for hydroxylation is 3. The summed E-state index contributed by atoms with van der Waals surface area (Å²) < 4.78 is 4.00. The van der Waals surface area contributed by atoms with E-state index in [0.717, 1.165) is 68.8 Å². The first kappa shape index (κ1) is 16.3. The van der Waals surface area contributed by atoms with Crippen LogP contribution in [0, 0.1) is 6.92 Å². The third-order valence-electron chi connectivity index (χ3n) is 5.50. The molecule has 0 radical (unpaired) electrons. The number of fused-ring (bicyclic) bond motifs is 2. The van der Waals surface area contributed by atoms with Gasteiger partial charge >= 0.3 is 5.97 Å². The zero-order chi connectivity index (χ0) is 17.6. The Kier molecular flexibility index (Phi) is 4.11. The van der Waals surface area contributed by atoms with Crippen molar-refractivity contribution in [2.24, 2.45) is 0 Å². The molecule has 2 aliphatic rings. The molecule has 134 valence electrons. The predicted molar refractivity (Wildman–Crippen MR) is 92.7 cm³/mol. The van der Waals surface area contributed by atoms with Crippen LogP contribution in [-0.2, 0) is 32.5 Å². The summed E-state index contributed by atoms with van der Waals surface area (Å²) in [7, 11) is 0. The molecule has 0 saturated carbocycles. The van der Waals surface area contributed by atoms with Crippen molar-refractivity contribution in [3.63, 3.8) is 0 Å². The van der Waals surface area contributed by atoms with E-state index in [1.54, 1.807) is 0 Å². The van der Waals surface area contributed by atoms with Crippen molar-refractivity contribution in [2.75, 3.05) is 6.54 Å². The maximum absolute atomic E-state index is 11.6. The van der Waals surface area contributed by atoms with Crippen LogP contribution in [0.15, 0.2) is 6.07 Å². The average molecular weight is 343 g/mol. The van der Waals surface area contributed by atoms with Crippen LogP contribution >= 0.6 is 0 Å². The van der Waals surface area contributed by atoms with Gasteiger partial charge in [-0.15, -0.1) is 0 Å². The molecule has 0 fully saturated rings. The van der Waals surface area contributed by atoms with Crippen molar-refractivity contribution in [3.8, 4) is 0 Å². The Morgan fingerprint density at radius 2 is 2.20 bits per heavy atom. The van der Waals surface area contributed by atoms with Crippen LogP contribution in [0.5, 0.6) is 0 Å². The zero-order valence-corrected chi connectivity index (χ0v) is 14.9. The van der Waals surface area contributed by atoms with E-state index in [9.17, 15) is 9.90 Å². The van der Waals surface area contributed by atoms with E-state index < -0.39 is 5.97 Å². The van der Waals surface area contributed by atoms with Gasteiger partial charge in [-0.2, -0.15) is 10.2 Å². The van der Waals surface area contributed by atoms with E-state index in [4.69, 9.17) is 0 Å². The quantitative estimate of drug-likeness (QED) is 0.921. The van der Waals surface area contributed by atoms with Crippen LogP contribution in [0.4, 0.5) is 0 Å². The van der Waals surface area contributed by atoms with Gasteiger partial charge in [-0.3, -0.25) is 14.3 Å². The number of hydrogen-bond donors (Lipinski definition) is 1. The molecular formula is C18H25N5O2. The molecule has 7 nitrogen and oxygen atoms in total. The molecule has 0 amide bonds. The molecule has 2 aromatic rings. The summed E-state index contributed by atoms with van der Waals surface area (Å²) in [4.78, 5) is 14.1. The highest BCUT2D eigenvalue weighted by Crippen LogP contribution is 2.29. The molecule has 1 aliphatic heterocycles. The summed E-state index contributed by atoms with van der Waals surface area (Å²) in [5.41, 5.74) is 4.65. The molecule has 0 aromatic carbocycles. The summed E-state index contributed by atoms with van der Waals surface area (Å²) >= 11 is 0. The van der Waals surface area contributed by atoms with Crippen LogP contribution < -0.4 is 0 Å². The molecule has 2 aromatic heterocycles. The molecule has 0 saturated heterocycles. The lowest BCUT2D eigenvalue weighted by Crippen LogP contribution is -2.39. The fourth-order valence-corrected chi connectivity index (χ4v) is 4.36. The minimum atomic E-state index is -0.909. The van der Waals surface area contributed by atoms with Crippen LogP contribution in [0.1, 0.15) is 52.9 Å². The van der Waals surface area contributed by atoms with Crippen molar-refractivity contribution in [1.82, 2.24) is 24.5 Å². The fraction of sp³-hybridized carbons (Fsp3) is 0.611. The van der Waals surface area contributed by atoms with Gasteiger partial charge in [-0.1, -0.05) is 0 Å². The van der Waals surface area contributed by atoms with Crippen molar-refractivity contribution in [3.05, 3.63) is 34.4 Å². The van der Waals surface area contributed by atoms with E-state index in [1.165, 1.54) is 5.69 Å². The summed E-state index contributed by atoms with van der Waals surface area (Å²) in [6.07, 6.45) is 3.83. The van der Waals surface area contributed by atoms with Crippen LogP contribution in [0.25, 0.3) is 0 Å². The van der Waals surface area contributed by atoms with Gasteiger partial charge in [0.05, 0.1) is 11.4 Å². The summed E-state index contributed by atoms with van der Waals surface area (Å²) in [5, 5.41) is 18.4. The van der Waals surface area contributed by atoms with Crippen molar-refractivity contribution in [2.45, 2.75) is 65.2 Å². The van der Waals surface area contributed by atoms with E-state index in [1.807, 2.05) is 18.5 Å². The molecule has 4 rings (SSSR count). The standard InChI is InChI=1S/C18H25N5O2/c1-3-22-16-6-5-13(10-15(16)17(20-22)18(24)25)21-7-4-8-23-14(11-21)9-12(2)19-23/h9,13H,3-8,10-11H2,1-2H3,(H,24,25). The van der Waals surface area contributed by atoms with Gasteiger partial charge in [0.15, 0.2) is 5.69 Å². The Hall–Kier alpha value is -2.15. The average Bonchev–Trinajstić information content (AvgIpc) is 3.07. The van der Waals surface area contributed by atoms with Gasteiger partial charge < -0.3 is 5.11 Å². The SMILES string of the molecule is CCn1nc(C(=O)O)c2c1CCC(N1CCCn3nc(C)cc3C1)C2. The fourth-order valence-electron chi connectivity index (χ4n) is 4.36. The lowest BCUT2D eigenvalue weighted by molar-refractivity contribution is 0.0687. The molecule has 0 bridgehead atoms. The largest absolute Gasteiger partial charge is 0.476 e. The van der Waals surface area contributed by atoms with Gasteiger partial charge in [-0.25, -0.2) is 4.79 Å². The number of carbonyl (C=O) groups is 1. The molecule has 0 spiro atoms. The highest BCUT2D eigenvalue weighted by Gasteiger charge is 2.32. The summed E-state index contributed by atoms with van der Waals surface area (Å²) in [6, 6.07) is 2.55. The smallest absolute Gasteiger partial charge is 0.356 e. The van der Waals surface area contributed by atoms with Crippen LogP contribution in [0.2, 0.25) is 0 Å². The van der Waals surface area contributed by atoms with Crippen LogP contribution in [0.3, 0.4) is 0 Å². The van der Waals surface area contributed by atoms with E-state index in [-0.39, 0.29) is 5.69 Å². The third kappa shape index (κ3) is 2.86. The second-order valence-electron chi connectivity index (χ2n) is 7.12. The predicted octanol–water partition coefficient (Wildman–Crippen LogP) is 1.87. The number of aromatic nitrogens is 4. The Bertz CT molecular complexity index is 807. The number of carboxylic acid groups (broad SMARTS) is 1. The first-order valence-electron chi connectivity index (χ1n) is 9.16. The van der Waals surface area contributed by atoms with E-state index >= 15 is 0 Å². The Morgan fingerprint density at radius 3 is 2.96 bits per heavy atom. The number of hydrogen-bond acceptors (Lipinski definition) is 4. The molecule has 3 heterocycles. The Morgan fingerprint density at radius 1 is 1.36 bits per heavy atom. The van der Waals surface area contributed by atoms with Crippen molar-refractivity contribution < 1.29 is 9.90 Å². The van der Waals surface area contributed by atoms with Gasteiger partial charge in [0.2, 0.25) is 0 Å². The minimum absolute atomic E-state index is 0.247. The summed E-state index contributed by atoms with van der Waals surface area (Å²) in [5.74, 6) is -0.909. The van der Waals surface area contributed by atoms with Gasteiger partial charge in [0, 0.05) is 43.5 Å². The zero-order valence-electron chi connectivity index (χ0n) is 14.9. The number of carboxylic acids is 1. The minimum Gasteiger partial charge on any atom is -0.476 e. The van der Waals surface area contributed by atoms with E-state index in [0.29, 0.717) is 6.04 Å². The van der Waals surface area contributed by atoms with Crippen molar-refractivity contribution >= 4 is 5.97 Å². The number of aromatic carboxylic acids is 1. The molecule has 7 heteroatoms. The number of nitrogens with zero attached hydrogens (tertiary/aromatic N) is 5. The van der Waals surface area contributed by atoms with Gasteiger partial charge in [0.25, 0.3) is 0 Å². The molecule has 1 aliphatic carbocycles. The lowest BCUT2D eigenvalue weighted by atomic mass is 9.90. The molecular weight excluding hydrogens is 318 g/mol. The second kappa shape index (κ2) is 6.29. The highest BCUT2D eigenvalue weighted by atomic mass is 16.4.